The van der Waals surface area contributed by atoms with E-state index in [1.807, 2.05) is 6.08 Å². The summed E-state index contributed by atoms with van der Waals surface area (Å²) < 4.78 is 0. The van der Waals surface area contributed by atoms with Crippen LogP contribution in [-0.4, -0.2) is 5.78 Å². The van der Waals surface area contributed by atoms with Crippen molar-refractivity contribution >= 4 is 5.78 Å². The van der Waals surface area contributed by atoms with Gasteiger partial charge in [0.2, 0.25) is 0 Å². The lowest BCUT2D eigenvalue weighted by atomic mass is 9.99. The number of ketones is 1. The van der Waals surface area contributed by atoms with Gasteiger partial charge in [-0.3, -0.25) is 4.79 Å². The highest BCUT2D eigenvalue weighted by Gasteiger charge is 2.05. The highest BCUT2D eigenvalue weighted by Crippen LogP contribution is 2.13. The zero-order valence-corrected chi connectivity index (χ0v) is 10.3. The van der Waals surface area contributed by atoms with E-state index in [2.05, 4.69) is 38.6 Å². The van der Waals surface area contributed by atoms with E-state index in [9.17, 15) is 4.79 Å². The molecule has 0 N–H and O–H groups in total. The molecule has 1 heteroatoms. The number of allylic oxidation sites excluding steroid dienone is 1. The molecule has 0 aliphatic heterocycles. The first-order chi connectivity index (χ1) is 7.63. The number of benzene rings is 1. The first-order valence-electron chi connectivity index (χ1n) is 5.82. The van der Waals surface area contributed by atoms with Crippen LogP contribution in [0, 0.1) is 13.8 Å². The molecule has 0 aliphatic rings. The van der Waals surface area contributed by atoms with Gasteiger partial charge >= 0.3 is 0 Å². The summed E-state index contributed by atoms with van der Waals surface area (Å²) >= 11 is 0. The maximum atomic E-state index is 11.7. The molecule has 86 valence electrons. The Labute approximate surface area is 98.2 Å². The molecule has 0 unspecified atom stereocenters. The van der Waals surface area contributed by atoms with Crippen LogP contribution in [-0.2, 0) is 11.2 Å². The second kappa shape index (κ2) is 6.26. The van der Waals surface area contributed by atoms with Crippen LogP contribution in [0.15, 0.2) is 30.9 Å². The second-order valence-corrected chi connectivity index (χ2v) is 4.33. The molecule has 0 bridgehead atoms. The highest BCUT2D eigenvalue weighted by molar-refractivity contribution is 5.81. The van der Waals surface area contributed by atoms with Gasteiger partial charge in [-0.1, -0.05) is 29.8 Å². The van der Waals surface area contributed by atoms with Crippen LogP contribution in [0.4, 0.5) is 0 Å². The fourth-order valence-corrected chi connectivity index (χ4v) is 1.74. The van der Waals surface area contributed by atoms with Crippen molar-refractivity contribution in [3.05, 3.63) is 47.5 Å². The Bertz CT molecular complexity index is 377. The molecule has 0 spiro atoms. The van der Waals surface area contributed by atoms with Crippen molar-refractivity contribution in [1.82, 2.24) is 0 Å². The van der Waals surface area contributed by atoms with Crippen molar-refractivity contribution in [3.63, 3.8) is 0 Å². The maximum Gasteiger partial charge on any atom is 0.137 e. The molecule has 1 aromatic rings. The summed E-state index contributed by atoms with van der Waals surface area (Å²) in [6.07, 6.45) is 4.96. The van der Waals surface area contributed by atoms with Gasteiger partial charge in [0, 0.05) is 12.8 Å². The first-order valence-corrected chi connectivity index (χ1v) is 5.82. The monoisotopic (exact) mass is 216 g/mol. The average Bonchev–Trinajstić information content (AvgIpc) is 2.24. The third-order valence-corrected chi connectivity index (χ3v) is 2.76. The van der Waals surface area contributed by atoms with Gasteiger partial charge < -0.3 is 0 Å². The normalized spacial score (nSPS) is 10.1. The molecule has 16 heavy (non-hydrogen) atoms. The molecule has 0 aliphatic carbocycles. The van der Waals surface area contributed by atoms with Gasteiger partial charge in [-0.15, -0.1) is 6.58 Å². The molecule has 0 saturated carbocycles. The Kier molecular flexibility index (Phi) is 4.97. The molecular formula is C15H20O. The molecule has 1 nitrogen and oxygen atoms in total. The minimum absolute atomic E-state index is 0.329. The van der Waals surface area contributed by atoms with Gasteiger partial charge in [-0.25, -0.2) is 0 Å². The quantitative estimate of drug-likeness (QED) is 0.522. The van der Waals surface area contributed by atoms with E-state index >= 15 is 0 Å². The standard InChI is InChI=1S/C15H20O/c1-4-5-6-7-15(16)11-14-10-12(2)8-9-13(14)3/h4,8-10H,1,5-7,11H2,2-3H3. The molecule has 0 saturated heterocycles. The molecule has 0 amide bonds. The van der Waals surface area contributed by atoms with E-state index in [1.54, 1.807) is 0 Å². The molecule has 0 heterocycles. The van der Waals surface area contributed by atoms with Crippen LogP contribution in [0.5, 0.6) is 0 Å². The van der Waals surface area contributed by atoms with Crippen LogP contribution in [0.3, 0.4) is 0 Å². The highest BCUT2D eigenvalue weighted by atomic mass is 16.1. The molecule has 0 aromatic heterocycles. The third-order valence-electron chi connectivity index (χ3n) is 2.76. The number of carbonyl (C=O) groups is 1. The minimum atomic E-state index is 0.329. The Morgan fingerprint density at radius 2 is 2.12 bits per heavy atom. The van der Waals surface area contributed by atoms with Crippen molar-refractivity contribution in [1.29, 1.82) is 0 Å². The Balaban J connectivity index is 2.55. The SMILES string of the molecule is C=CCCCC(=O)Cc1cc(C)ccc1C. The number of unbranched alkanes of at least 4 members (excludes halogenated alkanes) is 1. The predicted octanol–water partition coefficient (Wildman–Crippen LogP) is 3.77. The Morgan fingerprint density at radius 1 is 1.38 bits per heavy atom. The van der Waals surface area contributed by atoms with Crippen molar-refractivity contribution in [3.8, 4) is 0 Å². The number of hydrogen-bond donors (Lipinski definition) is 0. The lowest BCUT2D eigenvalue weighted by Crippen LogP contribution is -2.04. The van der Waals surface area contributed by atoms with E-state index in [4.69, 9.17) is 0 Å². The van der Waals surface area contributed by atoms with Crippen LogP contribution < -0.4 is 0 Å². The summed E-state index contributed by atoms with van der Waals surface area (Å²) in [5.41, 5.74) is 3.60. The van der Waals surface area contributed by atoms with Gasteiger partial charge in [-0.05, 0) is 37.8 Å². The molecular weight excluding hydrogens is 196 g/mol. The lowest BCUT2D eigenvalue weighted by Gasteiger charge is -2.06. The van der Waals surface area contributed by atoms with Gasteiger partial charge in [0.15, 0.2) is 0 Å². The average molecular weight is 216 g/mol. The number of aryl methyl sites for hydroxylation is 2. The van der Waals surface area contributed by atoms with Crippen molar-refractivity contribution < 1.29 is 4.79 Å². The van der Waals surface area contributed by atoms with Crippen LogP contribution in [0.25, 0.3) is 0 Å². The van der Waals surface area contributed by atoms with Crippen molar-refractivity contribution in [2.45, 2.75) is 39.5 Å². The van der Waals surface area contributed by atoms with Crippen molar-refractivity contribution in [2.75, 3.05) is 0 Å². The predicted molar refractivity (Wildman–Crippen MR) is 68.7 cm³/mol. The van der Waals surface area contributed by atoms with E-state index in [1.165, 1.54) is 16.7 Å². The fraction of sp³-hybridized carbons (Fsp3) is 0.400. The summed E-state index contributed by atoms with van der Waals surface area (Å²) in [6.45, 7) is 7.78. The second-order valence-electron chi connectivity index (χ2n) is 4.33. The van der Waals surface area contributed by atoms with Gasteiger partial charge in [-0.2, -0.15) is 0 Å². The maximum absolute atomic E-state index is 11.7. The molecule has 1 rings (SSSR count). The van der Waals surface area contributed by atoms with Crippen LogP contribution in [0.1, 0.15) is 36.0 Å². The smallest absolute Gasteiger partial charge is 0.137 e. The molecule has 0 atom stereocenters. The number of Topliss-reactive ketones (excluding diaryl/α,β-unsaturated/α-hetero) is 1. The first kappa shape index (κ1) is 12.7. The zero-order valence-electron chi connectivity index (χ0n) is 10.3. The topological polar surface area (TPSA) is 17.1 Å². The lowest BCUT2D eigenvalue weighted by molar-refractivity contribution is -0.118. The van der Waals surface area contributed by atoms with Gasteiger partial charge in [0.05, 0.1) is 0 Å². The summed E-state index contributed by atoms with van der Waals surface area (Å²) in [5.74, 6) is 0.329. The summed E-state index contributed by atoms with van der Waals surface area (Å²) in [6, 6.07) is 6.28. The summed E-state index contributed by atoms with van der Waals surface area (Å²) in [7, 11) is 0. The molecule has 1 aromatic carbocycles. The molecule has 0 radical (unpaired) electrons. The van der Waals surface area contributed by atoms with Crippen LogP contribution in [0.2, 0.25) is 0 Å². The third kappa shape index (κ3) is 4.01. The van der Waals surface area contributed by atoms with Gasteiger partial charge in [0.25, 0.3) is 0 Å². The fourth-order valence-electron chi connectivity index (χ4n) is 1.74. The van der Waals surface area contributed by atoms with E-state index in [-0.39, 0.29) is 0 Å². The van der Waals surface area contributed by atoms with E-state index in [0.717, 1.165) is 12.8 Å². The van der Waals surface area contributed by atoms with Crippen LogP contribution >= 0.6 is 0 Å². The summed E-state index contributed by atoms with van der Waals surface area (Å²) in [5, 5.41) is 0. The summed E-state index contributed by atoms with van der Waals surface area (Å²) in [4.78, 5) is 11.7. The zero-order chi connectivity index (χ0) is 12.0. The molecule has 0 fully saturated rings. The van der Waals surface area contributed by atoms with Gasteiger partial charge in [0.1, 0.15) is 5.78 Å². The van der Waals surface area contributed by atoms with E-state index < -0.39 is 0 Å². The van der Waals surface area contributed by atoms with E-state index in [0.29, 0.717) is 18.6 Å². The number of hydrogen-bond acceptors (Lipinski definition) is 1. The number of rotatable bonds is 6. The minimum Gasteiger partial charge on any atom is -0.299 e. The largest absolute Gasteiger partial charge is 0.299 e. The number of carbonyl (C=O) groups excluding carboxylic acids is 1. The van der Waals surface area contributed by atoms with Crippen molar-refractivity contribution in [2.24, 2.45) is 0 Å². The Hall–Kier alpha value is -1.37. The Morgan fingerprint density at radius 3 is 2.81 bits per heavy atom.